The van der Waals surface area contributed by atoms with Gasteiger partial charge in [-0.05, 0) is 44.1 Å². The lowest BCUT2D eigenvalue weighted by molar-refractivity contribution is 0.0696. The number of aromatic carboxylic acids is 1. The molecule has 110 valence electrons. The summed E-state index contributed by atoms with van der Waals surface area (Å²) in [5.74, 6) is 0.709. The topological polar surface area (TPSA) is 75.1 Å². The van der Waals surface area contributed by atoms with Crippen LogP contribution in [-0.4, -0.2) is 27.3 Å². The molecule has 0 aliphatic heterocycles. The number of hydrogen-bond donors (Lipinski definition) is 2. The van der Waals surface area contributed by atoms with Crippen LogP contribution < -0.4 is 5.32 Å². The first-order chi connectivity index (χ1) is 9.45. The summed E-state index contributed by atoms with van der Waals surface area (Å²) in [6.07, 6.45) is 3.42. The maximum absolute atomic E-state index is 11.5. The molecule has 2 rings (SSSR count). The predicted octanol–water partition coefficient (Wildman–Crippen LogP) is 3.03. The molecule has 0 saturated heterocycles. The number of rotatable bonds is 4. The molecule has 0 aromatic carbocycles. The Balaban J connectivity index is 2.26. The van der Waals surface area contributed by atoms with Crippen molar-refractivity contribution in [2.75, 3.05) is 5.32 Å². The van der Waals surface area contributed by atoms with Crippen molar-refractivity contribution in [3.8, 4) is 0 Å². The van der Waals surface area contributed by atoms with E-state index in [4.69, 9.17) is 0 Å². The smallest absolute Gasteiger partial charge is 0.339 e. The molecule has 3 unspecified atom stereocenters. The number of aryl methyl sites for hydroxylation is 1. The van der Waals surface area contributed by atoms with E-state index in [0.29, 0.717) is 28.9 Å². The molecule has 1 aromatic heterocycles. The number of nitrogens with one attached hydrogen (secondary N) is 1. The Bertz CT molecular complexity index is 516. The van der Waals surface area contributed by atoms with Crippen LogP contribution in [-0.2, 0) is 0 Å². The zero-order chi connectivity index (χ0) is 14.9. The van der Waals surface area contributed by atoms with Crippen molar-refractivity contribution >= 4 is 11.8 Å². The average Bonchev–Trinajstić information content (AvgIpc) is 2.74. The lowest BCUT2D eigenvalue weighted by Crippen LogP contribution is -2.27. The van der Waals surface area contributed by atoms with Gasteiger partial charge in [-0.25, -0.2) is 4.79 Å². The number of carboxylic acid groups (broad SMARTS) is 1. The minimum atomic E-state index is -0.944. The molecule has 1 aliphatic rings. The maximum atomic E-state index is 11.5. The van der Waals surface area contributed by atoms with E-state index in [1.807, 2.05) is 0 Å². The molecule has 5 heteroatoms. The Morgan fingerprint density at radius 1 is 1.35 bits per heavy atom. The van der Waals surface area contributed by atoms with Crippen molar-refractivity contribution in [2.45, 2.75) is 53.0 Å². The molecule has 1 aliphatic carbocycles. The molecule has 20 heavy (non-hydrogen) atoms. The fourth-order valence-corrected chi connectivity index (χ4v) is 3.17. The van der Waals surface area contributed by atoms with E-state index in [1.54, 1.807) is 13.8 Å². The van der Waals surface area contributed by atoms with Gasteiger partial charge in [-0.3, -0.25) is 0 Å². The fourth-order valence-electron chi connectivity index (χ4n) is 3.17. The summed E-state index contributed by atoms with van der Waals surface area (Å²) in [6, 6.07) is 0.287. The number of hydrogen-bond acceptors (Lipinski definition) is 4. The number of nitrogens with zero attached hydrogens (tertiary/aromatic N) is 2. The fraction of sp³-hybridized carbons (Fsp3) is 0.667. The van der Waals surface area contributed by atoms with Crippen molar-refractivity contribution < 1.29 is 9.90 Å². The van der Waals surface area contributed by atoms with E-state index in [1.165, 1.54) is 12.8 Å². The van der Waals surface area contributed by atoms with Gasteiger partial charge in [0.2, 0.25) is 0 Å². The van der Waals surface area contributed by atoms with Gasteiger partial charge in [0.05, 0.1) is 5.69 Å². The van der Waals surface area contributed by atoms with Crippen molar-refractivity contribution in [3.05, 3.63) is 16.8 Å². The molecule has 0 bridgehead atoms. The van der Waals surface area contributed by atoms with Crippen molar-refractivity contribution in [3.63, 3.8) is 0 Å². The van der Waals surface area contributed by atoms with Crippen LogP contribution in [0.25, 0.3) is 0 Å². The molecule has 0 amide bonds. The van der Waals surface area contributed by atoms with E-state index in [-0.39, 0.29) is 11.6 Å². The second-order valence-electron chi connectivity index (χ2n) is 5.79. The lowest BCUT2D eigenvalue weighted by atomic mass is 9.93. The van der Waals surface area contributed by atoms with E-state index < -0.39 is 5.97 Å². The number of anilines is 1. The molecule has 2 N–H and O–H groups in total. The second kappa shape index (κ2) is 5.77. The summed E-state index contributed by atoms with van der Waals surface area (Å²) in [5, 5.41) is 20.8. The Labute approximate surface area is 119 Å². The number of carboxylic acids is 1. The van der Waals surface area contributed by atoms with Crippen LogP contribution in [0.1, 0.15) is 54.7 Å². The van der Waals surface area contributed by atoms with Crippen LogP contribution in [0.15, 0.2) is 0 Å². The molecule has 1 saturated carbocycles. The van der Waals surface area contributed by atoms with Gasteiger partial charge < -0.3 is 10.4 Å². The first-order valence-corrected chi connectivity index (χ1v) is 7.29. The maximum Gasteiger partial charge on any atom is 0.339 e. The summed E-state index contributed by atoms with van der Waals surface area (Å²) < 4.78 is 0. The van der Waals surface area contributed by atoms with Gasteiger partial charge in [-0.2, -0.15) is 5.10 Å². The van der Waals surface area contributed by atoms with Gasteiger partial charge in [-0.15, -0.1) is 5.10 Å². The normalized spacial score (nSPS) is 25.7. The largest absolute Gasteiger partial charge is 0.478 e. The first kappa shape index (κ1) is 14.8. The molecular formula is C15H23N3O2. The highest BCUT2D eigenvalue weighted by atomic mass is 16.4. The zero-order valence-electron chi connectivity index (χ0n) is 12.6. The summed E-state index contributed by atoms with van der Waals surface area (Å²) in [6.45, 7) is 8.01. The van der Waals surface area contributed by atoms with Gasteiger partial charge >= 0.3 is 5.97 Å². The Kier molecular flexibility index (Phi) is 4.26. The number of carbonyl (C=O) groups is 1. The van der Waals surface area contributed by atoms with Crippen LogP contribution >= 0.6 is 0 Å². The minimum Gasteiger partial charge on any atom is -0.478 e. The highest BCUT2D eigenvalue weighted by molar-refractivity contribution is 5.94. The van der Waals surface area contributed by atoms with Crippen molar-refractivity contribution in [2.24, 2.45) is 11.8 Å². The van der Waals surface area contributed by atoms with Crippen LogP contribution in [0.5, 0.6) is 0 Å². The monoisotopic (exact) mass is 277 g/mol. The number of aromatic nitrogens is 2. The molecule has 5 nitrogen and oxygen atoms in total. The summed E-state index contributed by atoms with van der Waals surface area (Å²) >= 11 is 0. The van der Waals surface area contributed by atoms with Crippen molar-refractivity contribution in [1.29, 1.82) is 0 Å². The third-order valence-electron chi connectivity index (χ3n) is 4.74. The molecule has 1 aromatic rings. The Morgan fingerprint density at radius 3 is 2.60 bits per heavy atom. The van der Waals surface area contributed by atoms with E-state index in [9.17, 15) is 9.90 Å². The Hall–Kier alpha value is -1.65. The quantitative estimate of drug-likeness (QED) is 0.884. The second-order valence-corrected chi connectivity index (χ2v) is 5.79. The van der Waals surface area contributed by atoms with E-state index in [0.717, 1.165) is 6.42 Å². The molecule has 0 radical (unpaired) electrons. The summed E-state index contributed by atoms with van der Waals surface area (Å²) in [5.41, 5.74) is 1.61. The van der Waals surface area contributed by atoms with Crippen LogP contribution in [0, 0.1) is 25.7 Å². The molecule has 3 atom stereocenters. The van der Waals surface area contributed by atoms with E-state index in [2.05, 4.69) is 29.4 Å². The highest BCUT2D eigenvalue weighted by Gasteiger charge is 2.32. The minimum absolute atomic E-state index is 0.254. The van der Waals surface area contributed by atoms with Gasteiger partial charge in [0.15, 0.2) is 5.82 Å². The van der Waals surface area contributed by atoms with Crippen LogP contribution in [0.2, 0.25) is 0 Å². The van der Waals surface area contributed by atoms with Gasteiger partial charge in [-0.1, -0.05) is 20.3 Å². The first-order valence-electron chi connectivity index (χ1n) is 7.29. The Morgan fingerprint density at radius 2 is 2.05 bits per heavy atom. The SMILES string of the molecule is CCC1CCC(Nc2nnc(C)c(C)c2C(=O)O)C1C. The molecule has 0 spiro atoms. The lowest BCUT2D eigenvalue weighted by Gasteiger charge is -2.22. The molecule has 1 fully saturated rings. The van der Waals surface area contributed by atoms with E-state index >= 15 is 0 Å². The molecule has 1 heterocycles. The molecular weight excluding hydrogens is 254 g/mol. The predicted molar refractivity (Wildman–Crippen MR) is 78.1 cm³/mol. The zero-order valence-corrected chi connectivity index (χ0v) is 12.6. The van der Waals surface area contributed by atoms with Gasteiger partial charge in [0.1, 0.15) is 5.56 Å². The summed E-state index contributed by atoms with van der Waals surface area (Å²) in [4.78, 5) is 11.5. The third-order valence-corrected chi connectivity index (χ3v) is 4.74. The van der Waals surface area contributed by atoms with Gasteiger partial charge in [0.25, 0.3) is 0 Å². The standard InChI is InChI=1S/C15H23N3O2/c1-5-11-6-7-12(9(11)3)16-14-13(15(19)20)8(2)10(4)17-18-14/h9,11-12H,5-7H2,1-4H3,(H,16,18)(H,19,20). The van der Waals surface area contributed by atoms with Crippen LogP contribution in [0.4, 0.5) is 5.82 Å². The highest BCUT2D eigenvalue weighted by Crippen LogP contribution is 2.36. The average molecular weight is 277 g/mol. The van der Waals surface area contributed by atoms with Gasteiger partial charge in [0, 0.05) is 6.04 Å². The summed E-state index contributed by atoms with van der Waals surface area (Å²) in [7, 11) is 0. The van der Waals surface area contributed by atoms with Crippen LogP contribution in [0.3, 0.4) is 0 Å². The van der Waals surface area contributed by atoms with Crippen molar-refractivity contribution in [1.82, 2.24) is 10.2 Å². The third kappa shape index (κ3) is 2.62.